The maximum Gasteiger partial charge on any atom is 0.408 e. The standard InChI is InChI=1S/C13H20N2O4S/c1-8-5-9(7-20-8)14-11(17)10(6-16)15-12(18)19-13(2,3)4/h5,7,10,16H,6H2,1-4H3,(H,14,17)(H,15,18)/t10-/m0/s1. The number of carbonyl (C=O) groups is 2. The number of ether oxygens (including phenoxy) is 1. The van der Waals surface area contributed by atoms with Crippen molar-refractivity contribution in [3.63, 3.8) is 0 Å². The van der Waals surface area contributed by atoms with E-state index in [9.17, 15) is 14.7 Å². The monoisotopic (exact) mass is 300 g/mol. The van der Waals surface area contributed by atoms with E-state index in [-0.39, 0.29) is 0 Å². The lowest BCUT2D eigenvalue weighted by Crippen LogP contribution is -2.47. The van der Waals surface area contributed by atoms with Gasteiger partial charge in [-0.1, -0.05) is 0 Å². The van der Waals surface area contributed by atoms with Crippen LogP contribution in [0.2, 0.25) is 0 Å². The molecule has 0 bridgehead atoms. The predicted molar refractivity (Wildman–Crippen MR) is 77.9 cm³/mol. The molecule has 0 saturated carbocycles. The molecule has 112 valence electrons. The largest absolute Gasteiger partial charge is 0.444 e. The normalized spacial score (nSPS) is 12.7. The van der Waals surface area contributed by atoms with Crippen LogP contribution >= 0.6 is 11.3 Å². The molecule has 1 atom stereocenters. The first kappa shape index (κ1) is 16.5. The molecule has 1 aromatic rings. The summed E-state index contributed by atoms with van der Waals surface area (Å²) in [5.74, 6) is -0.490. The fourth-order valence-corrected chi connectivity index (χ4v) is 2.02. The van der Waals surface area contributed by atoms with Gasteiger partial charge in [0.15, 0.2) is 0 Å². The first-order valence-electron chi connectivity index (χ1n) is 6.17. The van der Waals surface area contributed by atoms with Crippen LogP contribution in [0.1, 0.15) is 25.6 Å². The highest BCUT2D eigenvalue weighted by Crippen LogP contribution is 2.18. The van der Waals surface area contributed by atoms with Gasteiger partial charge in [-0.15, -0.1) is 11.3 Å². The summed E-state index contributed by atoms with van der Waals surface area (Å²) in [4.78, 5) is 24.5. The van der Waals surface area contributed by atoms with Crippen LogP contribution in [0, 0.1) is 6.92 Å². The molecule has 1 heterocycles. The molecule has 3 N–H and O–H groups in total. The average molecular weight is 300 g/mol. The molecule has 0 aliphatic carbocycles. The van der Waals surface area contributed by atoms with E-state index in [1.165, 1.54) is 11.3 Å². The van der Waals surface area contributed by atoms with Crippen LogP contribution in [0.3, 0.4) is 0 Å². The molecule has 0 radical (unpaired) electrons. The Morgan fingerprint density at radius 2 is 2.10 bits per heavy atom. The number of amides is 2. The molecular weight excluding hydrogens is 280 g/mol. The fourth-order valence-electron chi connectivity index (χ4n) is 1.38. The van der Waals surface area contributed by atoms with Crippen LogP contribution in [0.5, 0.6) is 0 Å². The number of aryl methyl sites for hydroxylation is 1. The third kappa shape index (κ3) is 5.58. The number of hydrogen-bond acceptors (Lipinski definition) is 5. The summed E-state index contributed by atoms with van der Waals surface area (Å²) in [6.07, 6.45) is -0.742. The van der Waals surface area contributed by atoms with Crippen LogP contribution in [-0.2, 0) is 9.53 Å². The van der Waals surface area contributed by atoms with Crippen molar-refractivity contribution in [2.45, 2.75) is 39.3 Å². The van der Waals surface area contributed by atoms with E-state index in [2.05, 4.69) is 10.6 Å². The highest BCUT2D eigenvalue weighted by atomic mass is 32.1. The van der Waals surface area contributed by atoms with Crippen molar-refractivity contribution in [3.8, 4) is 0 Å². The van der Waals surface area contributed by atoms with Gasteiger partial charge in [0.05, 0.1) is 12.3 Å². The quantitative estimate of drug-likeness (QED) is 0.792. The van der Waals surface area contributed by atoms with E-state index in [1.807, 2.05) is 13.0 Å². The Bertz CT molecular complexity index is 479. The molecule has 0 aromatic carbocycles. The summed E-state index contributed by atoms with van der Waals surface area (Å²) >= 11 is 1.50. The summed E-state index contributed by atoms with van der Waals surface area (Å²) in [7, 11) is 0. The van der Waals surface area contributed by atoms with Gasteiger partial charge < -0.3 is 20.5 Å². The van der Waals surface area contributed by atoms with Crippen molar-refractivity contribution < 1.29 is 19.4 Å². The minimum atomic E-state index is -1.05. The zero-order valence-electron chi connectivity index (χ0n) is 12.0. The summed E-state index contributed by atoms with van der Waals surface area (Å²) in [6.45, 7) is 6.56. The predicted octanol–water partition coefficient (Wildman–Crippen LogP) is 1.88. The summed E-state index contributed by atoms with van der Waals surface area (Å²) in [5.41, 5.74) is -0.0210. The Labute approximate surface area is 122 Å². The Morgan fingerprint density at radius 1 is 1.45 bits per heavy atom. The number of aliphatic hydroxyl groups excluding tert-OH is 1. The fraction of sp³-hybridized carbons (Fsp3) is 0.538. The Balaban J connectivity index is 2.57. The highest BCUT2D eigenvalue weighted by Gasteiger charge is 2.23. The molecule has 1 aromatic heterocycles. The minimum absolute atomic E-state index is 0.490. The highest BCUT2D eigenvalue weighted by molar-refractivity contribution is 7.10. The average Bonchev–Trinajstić information content (AvgIpc) is 2.69. The lowest BCUT2D eigenvalue weighted by atomic mass is 10.2. The lowest BCUT2D eigenvalue weighted by molar-refractivity contribution is -0.119. The van der Waals surface area contributed by atoms with Gasteiger partial charge in [0.25, 0.3) is 0 Å². The van der Waals surface area contributed by atoms with Gasteiger partial charge in [-0.3, -0.25) is 4.79 Å². The zero-order valence-corrected chi connectivity index (χ0v) is 12.8. The van der Waals surface area contributed by atoms with Gasteiger partial charge in [0, 0.05) is 10.3 Å². The van der Waals surface area contributed by atoms with Gasteiger partial charge >= 0.3 is 6.09 Å². The summed E-state index contributed by atoms with van der Waals surface area (Å²) < 4.78 is 5.04. The van der Waals surface area contributed by atoms with Gasteiger partial charge in [0.2, 0.25) is 5.91 Å². The SMILES string of the molecule is Cc1cc(NC(=O)[C@H](CO)NC(=O)OC(C)(C)C)cs1. The molecule has 0 unspecified atom stereocenters. The molecule has 6 nitrogen and oxygen atoms in total. The number of anilines is 1. The molecule has 0 spiro atoms. The first-order valence-corrected chi connectivity index (χ1v) is 7.05. The molecule has 0 aliphatic rings. The third-order valence-corrected chi connectivity index (χ3v) is 3.05. The maximum atomic E-state index is 11.9. The smallest absolute Gasteiger partial charge is 0.408 e. The van der Waals surface area contributed by atoms with E-state index in [0.29, 0.717) is 5.69 Å². The molecule has 2 amide bonds. The van der Waals surface area contributed by atoms with Crippen LogP contribution < -0.4 is 10.6 Å². The van der Waals surface area contributed by atoms with Crippen molar-refractivity contribution in [1.29, 1.82) is 0 Å². The number of rotatable bonds is 4. The van der Waals surface area contributed by atoms with E-state index in [4.69, 9.17) is 4.74 Å². The maximum absolute atomic E-state index is 11.9. The van der Waals surface area contributed by atoms with E-state index in [1.54, 1.807) is 26.2 Å². The van der Waals surface area contributed by atoms with E-state index in [0.717, 1.165) is 4.88 Å². The molecule has 0 fully saturated rings. The van der Waals surface area contributed by atoms with Crippen molar-refractivity contribution in [1.82, 2.24) is 5.32 Å². The molecular formula is C13H20N2O4S. The first-order chi connectivity index (χ1) is 9.21. The van der Waals surface area contributed by atoms with Crippen molar-refractivity contribution in [2.24, 2.45) is 0 Å². The van der Waals surface area contributed by atoms with Crippen LogP contribution in [0.4, 0.5) is 10.5 Å². The molecule has 7 heteroatoms. The second-order valence-corrected chi connectivity index (χ2v) is 6.43. The minimum Gasteiger partial charge on any atom is -0.444 e. The van der Waals surface area contributed by atoms with Crippen LogP contribution in [0.25, 0.3) is 0 Å². The molecule has 0 saturated heterocycles. The topological polar surface area (TPSA) is 87.7 Å². The second kappa shape index (κ2) is 6.71. The number of hydrogen-bond donors (Lipinski definition) is 3. The van der Waals surface area contributed by atoms with E-state index >= 15 is 0 Å². The Hall–Kier alpha value is -1.60. The second-order valence-electron chi connectivity index (χ2n) is 5.32. The molecule has 0 aliphatic heterocycles. The van der Waals surface area contributed by atoms with E-state index < -0.39 is 30.3 Å². The summed E-state index contributed by atoms with van der Waals surface area (Å²) in [6, 6.07) is 0.759. The third-order valence-electron chi connectivity index (χ3n) is 2.19. The van der Waals surface area contributed by atoms with Crippen molar-refractivity contribution in [3.05, 3.63) is 16.3 Å². The number of alkyl carbamates (subject to hydrolysis) is 1. The number of thiophene rings is 1. The lowest BCUT2D eigenvalue weighted by Gasteiger charge is -2.22. The number of carbonyl (C=O) groups excluding carboxylic acids is 2. The Kier molecular flexibility index (Phi) is 5.52. The van der Waals surface area contributed by atoms with Gasteiger partial charge in [0.1, 0.15) is 11.6 Å². The number of nitrogens with one attached hydrogen (secondary N) is 2. The molecule has 1 rings (SSSR count). The Morgan fingerprint density at radius 3 is 2.55 bits per heavy atom. The van der Waals surface area contributed by atoms with Crippen LogP contribution in [-0.4, -0.2) is 35.4 Å². The van der Waals surface area contributed by atoms with Gasteiger partial charge in [-0.2, -0.15) is 0 Å². The van der Waals surface area contributed by atoms with Crippen LogP contribution in [0.15, 0.2) is 11.4 Å². The molecule has 20 heavy (non-hydrogen) atoms. The summed E-state index contributed by atoms with van der Waals surface area (Å²) in [5, 5.41) is 15.9. The van der Waals surface area contributed by atoms with Gasteiger partial charge in [-0.05, 0) is 33.8 Å². The van der Waals surface area contributed by atoms with Gasteiger partial charge in [-0.25, -0.2) is 4.79 Å². The number of aliphatic hydroxyl groups is 1. The zero-order chi connectivity index (χ0) is 15.3. The van der Waals surface area contributed by atoms with Crippen molar-refractivity contribution in [2.75, 3.05) is 11.9 Å². The van der Waals surface area contributed by atoms with Crippen molar-refractivity contribution >= 4 is 29.0 Å².